The Morgan fingerprint density at radius 3 is 2.79 bits per heavy atom. The molecule has 28 heavy (non-hydrogen) atoms. The minimum Gasteiger partial charge on any atom is -0.422 e. The number of nitrogens with zero attached hydrogens (tertiary/aromatic N) is 2. The zero-order valence-corrected chi connectivity index (χ0v) is 15.4. The van der Waals surface area contributed by atoms with Gasteiger partial charge < -0.3 is 9.73 Å². The minimum absolute atomic E-state index is 0.0775. The molecule has 1 amide bonds. The minimum atomic E-state index is -0.703. The van der Waals surface area contributed by atoms with E-state index in [0.29, 0.717) is 16.7 Å². The highest BCUT2D eigenvalue weighted by atomic mass is 32.1. The van der Waals surface area contributed by atoms with Gasteiger partial charge in [0, 0.05) is 18.0 Å². The Morgan fingerprint density at radius 1 is 1.11 bits per heavy atom. The van der Waals surface area contributed by atoms with Crippen molar-refractivity contribution in [1.82, 2.24) is 15.1 Å². The number of aromatic nitrogens is 2. The Bertz CT molecular complexity index is 1260. The van der Waals surface area contributed by atoms with Gasteiger partial charge in [-0.25, -0.2) is 9.48 Å². The Hall–Kier alpha value is -3.52. The Labute approximate surface area is 162 Å². The molecular weight excluding hydrogens is 378 g/mol. The van der Waals surface area contributed by atoms with Crippen molar-refractivity contribution in [2.24, 2.45) is 0 Å². The van der Waals surface area contributed by atoms with Crippen molar-refractivity contribution in [3.05, 3.63) is 86.3 Å². The van der Waals surface area contributed by atoms with E-state index >= 15 is 0 Å². The first kappa shape index (κ1) is 17.9. The number of hydrogen-bond donors (Lipinski definition) is 1. The topological polar surface area (TPSA) is 94.2 Å². The summed E-state index contributed by atoms with van der Waals surface area (Å²) in [5, 5.41) is 9.56. The van der Waals surface area contributed by atoms with Gasteiger partial charge >= 0.3 is 5.63 Å². The van der Waals surface area contributed by atoms with Crippen molar-refractivity contribution in [1.29, 1.82) is 0 Å². The molecule has 0 radical (unpaired) electrons. The highest BCUT2D eigenvalue weighted by molar-refractivity contribution is 7.13. The molecule has 0 fully saturated rings. The van der Waals surface area contributed by atoms with Gasteiger partial charge in [-0.2, -0.15) is 5.10 Å². The van der Waals surface area contributed by atoms with Crippen LogP contribution in [-0.2, 0) is 6.54 Å². The van der Waals surface area contributed by atoms with E-state index in [1.807, 2.05) is 17.5 Å². The number of amides is 1. The Balaban J connectivity index is 1.48. The van der Waals surface area contributed by atoms with Gasteiger partial charge in [0.05, 0.1) is 11.4 Å². The van der Waals surface area contributed by atoms with Crippen LogP contribution >= 0.6 is 11.3 Å². The number of benzene rings is 1. The third-order valence-electron chi connectivity index (χ3n) is 4.14. The van der Waals surface area contributed by atoms with Crippen molar-refractivity contribution < 1.29 is 9.21 Å². The van der Waals surface area contributed by atoms with Crippen LogP contribution in [0, 0.1) is 0 Å². The van der Waals surface area contributed by atoms with E-state index in [1.54, 1.807) is 30.3 Å². The van der Waals surface area contributed by atoms with Gasteiger partial charge in [0.15, 0.2) is 0 Å². The van der Waals surface area contributed by atoms with Crippen LogP contribution in [0.4, 0.5) is 0 Å². The first-order chi connectivity index (χ1) is 13.6. The Morgan fingerprint density at radius 2 is 1.96 bits per heavy atom. The first-order valence-electron chi connectivity index (χ1n) is 8.55. The van der Waals surface area contributed by atoms with Crippen LogP contribution in [0.25, 0.3) is 21.5 Å². The average molecular weight is 393 g/mol. The highest BCUT2D eigenvalue weighted by Gasteiger charge is 2.13. The molecule has 7 nitrogen and oxygen atoms in total. The smallest absolute Gasteiger partial charge is 0.349 e. The van der Waals surface area contributed by atoms with Crippen LogP contribution in [0.5, 0.6) is 0 Å². The molecule has 0 saturated heterocycles. The Kier molecular flexibility index (Phi) is 4.86. The summed E-state index contributed by atoms with van der Waals surface area (Å²) in [5.41, 5.74) is 0.0681. The van der Waals surface area contributed by atoms with Crippen molar-refractivity contribution in [2.75, 3.05) is 6.54 Å². The molecule has 8 heteroatoms. The van der Waals surface area contributed by atoms with E-state index < -0.39 is 11.5 Å². The van der Waals surface area contributed by atoms with Crippen LogP contribution in [0.15, 0.2) is 74.0 Å². The molecule has 0 bridgehead atoms. The quantitative estimate of drug-likeness (QED) is 0.526. The highest BCUT2D eigenvalue weighted by Crippen LogP contribution is 2.21. The van der Waals surface area contributed by atoms with Crippen LogP contribution in [-0.4, -0.2) is 22.2 Å². The fourth-order valence-electron chi connectivity index (χ4n) is 2.76. The second-order valence-electron chi connectivity index (χ2n) is 6.00. The number of rotatable bonds is 5. The molecule has 3 aromatic heterocycles. The van der Waals surface area contributed by atoms with Gasteiger partial charge in [0.2, 0.25) is 0 Å². The molecule has 140 valence electrons. The number of carbonyl (C=O) groups excluding carboxylic acids is 1. The molecule has 1 aromatic carbocycles. The maximum absolute atomic E-state index is 12.4. The predicted octanol–water partition coefficient (Wildman–Crippen LogP) is 2.51. The summed E-state index contributed by atoms with van der Waals surface area (Å²) in [5.74, 6) is -0.554. The number of carbonyl (C=O) groups is 1. The lowest BCUT2D eigenvalue weighted by Gasteiger charge is -2.08. The summed E-state index contributed by atoms with van der Waals surface area (Å²) < 4.78 is 6.46. The molecule has 0 aliphatic heterocycles. The lowest BCUT2D eigenvalue weighted by molar-refractivity contribution is 0.0948. The second-order valence-corrected chi connectivity index (χ2v) is 6.95. The number of fused-ring (bicyclic) bond motifs is 1. The fraction of sp³-hybridized carbons (Fsp3) is 0.100. The molecule has 0 aliphatic carbocycles. The molecule has 3 heterocycles. The third-order valence-corrected chi connectivity index (χ3v) is 5.03. The zero-order chi connectivity index (χ0) is 19.5. The summed E-state index contributed by atoms with van der Waals surface area (Å²) in [6.07, 6.45) is 0. The maximum Gasteiger partial charge on any atom is 0.349 e. The molecule has 0 saturated carbocycles. The molecule has 0 spiro atoms. The van der Waals surface area contributed by atoms with E-state index in [1.165, 1.54) is 28.2 Å². The van der Waals surface area contributed by atoms with E-state index in [4.69, 9.17) is 4.42 Å². The SMILES string of the molecule is O=C(NCCn1nc(-c2cccs2)ccc1=O)c1cc2ccccc2oc1=O. The number of thiophene rings is 1. The van der Waals surface area contributed by atoms with Gasteiger partial charge in [-0.15, -0.1) is 11.3 Å². The van der Waals surface area contributed by atoms with Crippen LogP contribution in [0.3, 0.4) is 0 Å². The van der Waals surface area contributed by atoms with E-state index in [-0.39, 0.29) is 24.2 Å². The first-order valence-corrected chi connectivity index (χ1v) is 9.43. The van der Waals surface area contributed by atoms with Gasteiger partial charge in [0.1, 0.15) is 16.8 Å². The summed E-state index contributed by atoms with van der Waals surface area (Å²) in [6.45, 7) is 0.328. The van der Waals surface area contributed by atoms with E-state index in [0.717, 1.165) is 4.88 Å². The summed E-state index contributed by atoms with van der Waals surface area (Å²) >= 11 is 1.53. The van der Waals surface area contributed by atoms with E-state index in [9.17, 15) is 14.4 Å². The summed E-state index contributed by atoms with van der Waals surface area (Å²) in [7, 11) is 0. The van der Waals surface area contributed by atoms with Crippen molar-refractivity contribution in [3.63, 3.8) is 0 Å². The largest absolute Gasteiger partial charge is 0.422 e. The molecule has 4 rings (SSSR count). The lowest BCUT2D eigenvalue weighted by atomic mass is 10.2. The maximum atomic E-state index is 12.4. The third kappa shape index (κ3) is 3.63. The predicted molar refractivity (Wildman–Crippen MR) is 107 cm³/mol. The summed E-state index contributed by atoms with van der Waals surface area (Å²) in [4.78, 5) is 37.4. The number of para-hydroxylation sites is 1. The second kappa shape index (κ2) is 7.61. The molecule has 0 aliphatic rings. The van der Waals surface area contributed by atoms with Gasteiger partial charge in [-0.05, 0) is 29.6 Å². The van der Waals surface area contributed by atoms with E-state index in [2.05, 4.69) is 10.4 Å². The van der Waals surface area contributed by atoms with Crippen molar-refractivity contribution >= 4 is 28.2 Å². The summed E-state index contributed by atoms with van der Waals surface area (Å²) in [6, 6.07) is 15.4. The van der Waals surface area contributed by atoms with Crippen LogP contribution in [0.1, 0.15) is 10.4 Å². The van der Waals surface area contributed by atoms with Crippen LogP contribution in [0.2, 0.25) is 0 Å². The standard InChI is InChI=1S/C20H15N3O4S/c24-18-8-7-15(17-6-3-11-28-17)22-23(18)10-9-21-19(25)14-12-13-4-1-2-5-16(13)27-20(14)26/h1-8,11-12H,9-10H2,(H,21,25). The molecule has 4 aromatic rings. The number of nitrogens with one attached hydrogen (secondary N) is 1. The average Bonchev–Trinajstić information content (AvgIpc) is 3.23. The lowest BCUT2D eigenvalue weighted by Crippen LogP contribution is -2.33. The molecule has 1 N–H and O–H groups in total. The molecule has 0 unspecified atom stereocenters. The zero-order valence-electron chi connectivity index (χ0n) is 14.6. The molecule has 0 atom stereocenters. The normalized spacial score (nSPS) is 10.9. The molecular formula is C20H15N3O4S. The van der Waals surface area contributed by atoms with Crippen molar-refractivity contribution in [2.45, 2.75) is 6.54 Å². The van der Waals surface area contributed by atoms with Crippen molar-refractivity contribution in [3.8, 4) is 10.6 Å². The fourth-order valence-corrected chi connectivity index (χ4v) is 3.45. The monoisotopic (exact) mass is 393 g/mol. The van der Waals surface area contributed by atoms with Gasteiger partial charge in [-0.3, -0.25) is 9.59 Å². The van der Waals surface area contributed by atoms with Crippen LogP contribution < -0.4 is 16.5 Å². The van der Waals surface area contributed by atoms with Gasteiger partial charge in [0.25, 0.3) is 11.5 Å². The number of hydrogen-bond acceptors (Lipinski definition) is 6. The van der Waals surface area contributed by atoms with Gasteiger partial charge in [-0.1, -0.05) is 24.3 Å².